The van der Waals surface area contributed by atoms with Crippen molar-refractivity contribution in [3.8, 4) is 22.3 Å². The van der Waals surface area contributed by atoms with Crippen molar-refractivity contribution >= 4 is 5.69 Å². The fourth-order valence-electron chi connectivity index (χ4n) is 4.53. The quantitative estimate of drug-likeness (QED) is 0.337. The van der Waals surface area contributed by atoms with Crippen molar-refractivity contribution in [3.05, 3.63) is 127 Å². The van der Waals surface area contributed by atoms with Crippen LogP contribution in [0.5, 0.6) is 0 Å². The topological polar surface area (TPSA) is 3.24 Å². The standard InChI is InChI=1S/C30H27N/c1-22-30(2,3)28-11-7-8-12-29(28)31(22)21-23-13-15-25(16-14-23)27-19-17-26(18-20-27)24-9-5-4-6-10-24/h4-20H,1,21H2,2-3H3. The van der Waals surface area contributed by atoms with Gasteiger partial charge in [-0.3, -0.25) is 0 Å². The van der Waals surface area contributed by atoms with E-state index in [1.165, 1.54) is 39.1 Å². The lowest BCUT2D eigenvalue weighted by molar-refractivity contribution is 0.633. The van der Waals surface area contributed by atoms with Gasteiger partial charge in [0.2, 0.25) is 0 Å². The van der Waals surface area contributed by atoms with Crippen LogP contribution in [0.2, 0.25) is 0 Å². The third-order valence-corrected chi connectivity index (χ3v) is 6.54. The van der Waals surface area contributed by atoms with Crippen LogP contribution in [-0.2, 0) is 12.0 Å². The second-order valence-electron chi connectivity index (χ2n) is 8.82. The minimum atomic E-state index is -0.0307. The average Bonchev–Trinajstić information content (AvgIpc) is 3.01. The highest BCUT2D eigenvalue weighted by Crippen LogP contribution is 2.47. The van der Waals surface area contributed by atoms with Gasteiger partial charge in [0.1, 0.15) is 0 Å². The molecule has 0 fully saturated rings. The Bertz CT molecular complexity index is 1220. The van der Waals surface area contributed by atoms with E-state index in [2.05, 4.69) is 128 Å². The molecule has 0 bridgehead atoms. The number of hydrogen-bond donors (Lipinski definition) is 0. The van der Waals surface area contributed by atoms with E-state index in [1.54, 1.807) is 0 Å². The zero-order chi connectivity index (χ0) is 21.4. The predicted octanol–water partition coefficient (Wildman–Crippen LogP) is 7.83. The molecule has 152 valence electrons. The van der Waals surface area contributed by atoms with Gasteiger partial charge < -0.3 is 4.90 Å². The van der Waals surface area contributed by atoms with Crippen molar-refractivity contribution in [1.82, 2.24) is 0 Å². The van der Waals surface area contributed by atoms with Crippen molar-refractivity contribution in [2.75, 3.05) is 4.90 Å². The summed E-state index contributed by atoms with van der Waals surface area (Å²) in [6.45, 7) is 9.78. The van der Waals surface area contributed by atoms with Crippen LogP contribution in [0.3, 0.4) is 0 Å². The molecule has 0 saturated heterocycles. The van der Waals surface area contributed by atoms with Crippen LogP contribution in [0.4, 0.5) is 5.69 Å². The van der Waals surface area contributed by atoms with Crippen LogP contribution in [-0.4, -0.2) is 0 Å². The molecular formula is C30H27N. The van der Waals surface area contributed by atoms with Gasteiger partial charge in [-0.1, -0.05) is 117 Å². The van der Waals surface area contributed by atoms with Gasteiger partial charge in [-0.25, -0.2) is 0 Å². The maximum atomic E-state index is 4.42. The van der Waals surface area contributed by atoms with Crippen LogP contribution in [0.1, 0.15) is 25.0 Å². The molecule has 0 unspecified atom stereocenters. The van der Waals surface area contributed by atoms with Gasteiger partial charge in [-0.05, 0) is 39.4 Å². The molecule has 5 rings (SSSR count). The largest absolute Gasteiger partial charge is 0.340 e. The minimum Gasteiger partial charge on any atom is -0.340 e. The van der Waals surface area contributed by atoms with Gasteiger partial charge in [0.15, 0.2) is 0 Å². The molecule has 1 heteroatoms. The second kappa shape index (κ2) is 7.59. The highest BCUT2D eigenvalue weighted by Gasteiger charge is 2.38. The fourth-order valence-corrected chi connectivity index (χ4v) is 4.53. The Morgan fingerprint density at radius 1 is 0.613 bits per heavy atom. The molecule has 1 heterocycles. The highest BCUT2D eigenvalue weighted by atomic mass is 15.2. The molecule has 0 spiro atoms. The van der Waals surface area contributed by atoms with Crippen molar-refractivity contribution < 1.29 is 0 Å². The molecule has 0 amide bonds. The summed E-state index contributed by atoms with van der Waals surface area (Å²) in [6.07, 6.45) is 0. The van der Waals surface area contributed by atoms with Gasteiger partial charge in [0.25, 0.3) is 0 Å². The third-order valence-electron chi connectivity index (χ3n) is 6.54. The molecule has 4 aromatic rings. The molecule has 4 aromatic carbocycles. The minimum absolute atomic E-state index is 0.0307. The average molecular weight is 402 g/mol. The van der Waals surface area contributed by atoms with Gasteiger partial charge >= 0.3 is 0 Å². The summed E-state index contributed by atoms with van der Waals surface area (Å²) in [5, 5.41) is 0. The Balaban J connectivity index is 1.36. The van der Waals surface area contributed by atoms with E-state index in [0.29, 0.717) is 0 Å². The second-order valence-corrected chi connectivity index (χ2v) is 8.82. The van der Waals surface area contributed by atoms with E-state index in [9.17, 15) is 0 Å². The first-order chi connectivity index (χ1) is 15.0. The van der Waals surface area contributed by atoms with E-state index in [4.69, 9.17) is 0 Å². The summed E-state index contributed by atoms with van der Waals surface area (Å²) < 4.78 is 0. The molecule has 31 heavy (non-hydrogen) atoms. The van der Waals surface area contributed by atoms with Gasteiger partial charge in [-0.2, -0.15) is 0 Å². The van der Waals surface area contributed by atoms with Crippen LogP contribution in [0.25, 0.3) is 22.3 Å². The normalized spacial score (nSPS) is 14.5. The third kappa shape index (κ3) is 3.47. The van der Waals surface area contributed by atoms with Crippen molar-refractivity contribution in [3.63, 3.8) is 0 Å². The Morgan fingerprint density at radius 3 is 1.71 bits per heavy atom. The summed E-state index contributed by atoms with van der Waals surface area (Å²) in [5.41, 5.74) is 10.0. The lowest BCUT2D eigenvalue weighted by atomic mass is 9.84. The van der Waals surface area contributed by atoms with Crippen LogP contribution in [0, 0.1) is 0 Å². The number of para-hydroxylation sites is 1. The Morgan fingerprint density at radius 2 is 1.10 bits per heavy atom. The fraction of sp³-hybridized carbons (Fsp3) is 0.133. The molecule has 0 N–H and O–H groups in total. The van der Waals surface area contributed by atoms with Gasteiger partial charge in [-0.15, -0.1) is 0 Å². The smallest absolute Gasteiger partial charge is 0.0478 e. The first-order valence-corrected chi connectivity index (χ1v) is 10.9. The SMILES string of the molecule is C=C1N(Cc2ccc(-c3ccc(-c4ccccc4)cc3)cc2)c2ccccc2C1(C)C. The number of fused-ring (bicyclic) bond motifs is 1. The monoisotopic (exact) mass is 401 g/mol. The van der Waals surface area contributed by atoms with Crippen molar-refractivity contribution in [2.24, 2.45) is 0 Å². The number of benzene rings is 4. The van der Waals surface area contributed by atoms with Crippen molar-refractivity contribution in [1.29, 1.82) is 0 Å². The Hall–Kier alpha value is -3.58. The summed E-state index contributed by atoms with van der Waals surface area (Å²) >= 11 is 0. The first-order valence-electron chi connectivity index (χ1n) is 10.9. The summed E-state index contributed by atoms with van der Waals surface area (Å²) in [7, 11) is 0. The highest BCUT2D eigenvalue weighted by molar-refractivity contribution is 5.72. The number of allylic oxidation sites excluding steroid dienone is 1. The Kier molecular flexibility index (Phi) is 4.75. The van der Waals surface area contributed by atoms with E-state index >= 15 is 0 Å². The first kappa shape index (κ1) is 19.4. The molecular weight excluding hydrogens is 374 g/mol. The molecule has 0 aliphatic carbocycles. The molecule has 1 aliphatic heterocycles. The number of rotatable bonds is 4. The molecule has 1 nitrogen and oxygen atoms in total. The van der Waals surface area contributed by atoms with Crippen LogP contribution >= 0.6 is 0 Å². The number of hydrogen-bond acceptors (Lipinski definition) is 1. The summed E-state index contributed by atoms with van der Waals surface area (Å²) in [6, 6.07) is 36.9. The predicted molar refractivity (Wildman–Crippen MR) is 132 cm³/mol. The van der Waals surface area contributed by atoms with Crippen LogP contribution < -0.4 is 4.90 Å². The van der Waals surface area contributed by atoms with E-state index in [0.717, 1.165) is 12.2 Å². The molecule has 0 aromatic heterocycles. The molecule has 0 radical (unpaired) electrons. The summed E-state index contributed by atoms with van der Waals surface area (Å²) in [4.78, 5) is 2.36. The number of anilines is 1. The lowest BCUT2D eigenvalue weighted by Crippen LogP contribution is -2.24. The maximum absolute atomic E-state index is 4.42. The molecule has 0 saturated carbocycles. The molecule has 1 aliphatic rings. The lowest BCUT2D eigenvalue weighted by Gasteiger charge is -2.26. The zero-order valence-corrected chi connectivity index (χ0v) is 18.2. The van der Waals surface area contributed by atoms with E-state index in [-0.39, 0.29) is 5.41 Å². The van der Waals surface area contributed by atoms with E-state index < -0.39 is 0 Å². The molecule has 0 atom stereocenters. The van der Waals surface area contributed by atoms with Crippen molar-refractivity contribution in [2.45, 2.75) is 25.8 Å². The van der Waals surface area contributed by atoms with Gasteiger partial charge in [0.05, 0.1) is 0 Å². The summed E-state index contributed by atoms with van der Waals surface area (Å²) in [5.74, 6) is 0. The number of nitrogens with zero attached hydrogens (tertiary/aromatic N) is 1. The van der Waals surface area contributed by atoms with E-state index in [1.807, 2.05) is 0 Å². The zero-order valence-electron chi connectivity index (χ0n) is 18.2. The maximum Gasteiger partial charge on any atom is 0.0478 e. The van der Waals surface area contributed by atoms with Gasteiger partial charge in [0, 0.05) is 23.3 Å². The Labute approximate surface area is 185 Å². The van der Waals surface area contributed by atoms with Crippen LogP contribution in [0.15, 0.2) is 115 Å².